The predicted molar refractivity (Wildman–Crippen MR) is 85.3 cm³/mol. The second-order valence-corrected chi connectivity index (χ2v) is 6.32. The Labute approximate surface area is 132 Å². The van der Waals surface area contributed by atoms with E-state index >= 15 is 0 Å². The molecule has 1 aliphatic heterocycles. The van der Waals surface area contributed by atoms with Gasteiger partial charge in [0.2, 0.25) is 0 Å². The topological polar surface area (TPSA) is 12.5 Å². The second kappa shape index (κ2) is 8.11. The Morgan fingerprint density at radius 1 is 1.38 bits per heavy atom. The van der Waals surface area contributed by atoms with Crippen molar-refractivity contribution in [3.05, 3.63) is 34.1 Å². The fraction of sp³-hybridized carbons (Fsp3) is 0.647. The van der Waals surface area contributed by atoms with Crippen LogP contribution >= 0.6 is 11.6 Å². The normalized spacial score (nSPS) is 19.9. The van der Waals surface area contributed by atoms with Gasteiger partial charge in [0.25, 0.3) is 0 Å². The lowest BCUT2D eigenvalue weighted by atomic mass is 9.97. The Morgan fingerprint density at radius 3 is 2.95 bits per heavy atom. The summed E-state index contributed by atoms with van der Waals surface area (Å²) in [6, 6.07) is 4.07. The lowest BCUT2D eigenvalue weighted by Gasteiger charge is -2.36. The van der Waals surface area contributed by atoms with Crippen LogP contribution in [0.4, 0.5) is 4.39 Å². The molecule has 2 rings (SSSR count). The molecule has 0 N–H and O–H groups in total. The first-order valence-corrected chi connectivity index (χ1v) is 8.17. The highest BCUT2D eigenvalue weighted by atomic mass is 35.5. The SMILES string of the molecule is COCCCC1CCCCN1Cc1c(Cl)ccc(C)c1F. The number of methoxy groups -OCH3 is 1. The number of aryl methyl sites for hydroxylation is 1. The quantitative estimate of drug-likeness (QED) is 0.713. The average molecular weight is 314 g/mol. The third-order valence-electron chi connectivity index (χ3n) is 4.38. The van der Waals surface area contributed by atoms with E-state index in [9.17, 15) is 4.39 Å². The minimum atomic E-state index is -0.149. The Hall–Kier alpha value is -0.640. The number of piperidine rings is 1. The second-order valence-electron chi connectivity index (χ2n) is 5.91. The van der Waals surface area contributed by atoms with Gasteiger partial charge in [-0.25, -0.2) is 4.39 Å². The van der Waals surface area contributed by atoms with Crippen molar-refractivity contribution in [3.8, 4) is 0 Å². The van der Waals surface area contributed by atoms with Crippen molar-refractivity contribution in [2.24, 2.45) is 0 Å². The molecule has 0 saturated carbocycles. The van der Waals surface area contributed by atoms with Crippen molar-refractivity contribution in [2.45, 2.75) is 51.6 Å². The molecule has 0 spiro atoms. The molecule has 0 aromatic heterocycles. The molecule has 1 aromatic rings. The Bertz CT molecular complexity index is 466. The fourth-order valence-electron chi connectivity index (χ4n) is 3.12. The van der Waals surface area contributed by atoms with E-state index in [4.69, 9.17) is 16.3 Å². The van der Waals surface area contributed by atoms with Crippen LogP contribution in [0.15, 0.2) is 12.1 Å². The van der Waals surface area contributed by atoms with Gasteiger partial charge in [-0.15, -0.1) is 0 Å². The molecule has 21 heavy (non-hydrogen) atoms. The summed E-state index contributed by atoms with van der Waals surface area (Å²) < 4.78 is 19.5. The van der Waals surface area contributed by atoms with Crippen LogP contribution in [-0.2, 0) is 11.3 Å². The molecule has 1 heterocycles. The van der Waals surface area contributed by atoms with E-state index in [1.807, 2.05) is 0 Å². The van der Waals surface area contributed by atoms with E-state index in [0.717, 1.165) is 26.0 Å². The molecule has 0 bridgehead atoms. The van der Waals surface area contributed by atoms with Crippen LogP contribution in [0, 0.1) is 12.7 Å². The van der Waals surface area contributed by atoms with E-state index in [1.165, 1.54) is 19.3 Å². The highest BCUT2D eigenvalue weighted by Crippen LogP contribution is 2.28. The molecule has 1 saturated heterocycles. The Morgan fingerprint density at radius 2 is 2.19 bits per heavy atom. The number of nitrogens with zero attached hydrogens (tertiary/aromatic N) is 1. The number of hydrogen-bond acceptors (Lipinski definition) is 2. The van der Waals surface area contributed by atoms with Gasteiger partial charge in [0, 0.05) is 36.9 Å². The van der Waals surface area contributed by atoms with E-state index in [1.54, 1.807) is 26.2 Å². The first kappa shape index (κ1) is 16.7. The molecule has 1 atom stereocenters. The Kier molecular flexibility index (Phi) is 6.46. The van der Waals surface area contributed by atoms with Crippen LogP contribution in [0.5, 0.6) is 0 Å². The third-order valence-corrected chi connectivity index (χ3v) is 4.73. The van der Waals surface area contributed by atoms with Gasteiger partial charge in [0.1, 0.15) is 5.82 Å². The van der Waals surface area contributed by atoms with Crippen LogP contribution in [0.1, 0.15) is 43.2 Å². The number of likely N-dealkylation sites (tertiary alicyclic amines) is 1. The summed E-state index contributed by atoms with van der Waals surface area (Å²) in [5.41, 5.74) is 1.32. The largest absolute Gasteiger partial charge is 0.385 e. The maximum Gasteiger partial charge on any atom is 0.132 e. The van der Waals surface area contributed by atoms with Crippen molar-refractivity contribution in [2.75, 3.05) is 20.3 Å². The lowest BCUT2D eigenvalue weighted by molar-refractivity contribution is 0.115. The minimum Gasteiger partial charge on any atom is -0.385 e. The van der Waals surface area contributed by atoms with Gasteiger partial charge in [-0.3, -0.25) is 4.90 Å². The molecule has 118 valence electrons. The highest BCUT2D eigenvalue weighted by Gasteiger charge is 2.24. The van der Waals surface area contributed by atoms with Crippen LogP contribution in [0.2, 0.25) is 5.02 Å². The molecule has 1 unspecified atom stereocenters. The smallest absolute Gasteiger partial charge is 0.132 e. The first-order chi connectivity index (χ1) is 10.1. The molecule has 0 radical (unpaired) electrons. The van der Waals surface area contributed by atoms with Crippen molar-refractivity contribution >= 4 is 11.6 Å². The summed E-state index contributed by atoms with van der Waals surface area (Å²) in [4.78, 5) is 2.39. The van der Waals surface area contributed by atoms with Crippen molar-refractivity contribution in [1.82, 2.24) is 4.90 Å². The first-order valence-electron chi connectivity index (χ1n) is 7.80. The fourth-order valence-corrected chi connectivity index (χ4v) is 3.33. The summed E-state index contributed by atoms with van der Waals surface area (Å²) in [6.45, 7) is 4.23. The summed E-state index contributed by atoms with van der Waals surface area (Å²) >= 11 is 6.21. The number of ether oxygens (including phenoxy) is 1. The van der Waals surface area contributed by atoms with Crippen molar-refractivity contribution in [3.63, 3.8) is 0 Å². The number of rotatable bonds is 6. The number of hydrogen-bond donors (Lipinski definition) is 0. The van der Waals surface area contributed by atoms with Gasteiger partial charge in [0.05, 0.1) is 0 Å². The van der Waals surface area contributed by atoms with E-state index < -0.39 is 0 Å². The maximum atomic E-state index is 14.3. The maximum absolute atomic E-state index is 14.3. The third kappa shape index (κ3) is 4.41. The monoisotopic (exact) mass is 313 g/mol. The summed E-state index contributed by atoms with van der Waals surface area (Å²) in [6.07, 6.45) is 5.80. The zero-order valence-electron chi connectivity index (χ0n) is 13.0. The number of halogens is 2. The van der Waals surface area contributed by atoms with Crippen LogP contribution in [0.25, 0.3) is 0 Å². The zero-order chi connectivity index (χ0) is 15.2. The van der Waals surface area contributed by atoms with Gasteiger partial charge < -0.3 is 4.74 Å². The minimum absolute atomic E-state index is 0.149. The molecule has 0 aliphatic carbocycles. The molecule has 4 heteroatoms. The molecule has 0 amide bonds. The van der Waals surface area contributed by atoms with Gasteiger partial charge in [0.15, 0.2) is 0 Å². The van der Waals surface area contributed by atoms with Crippen LogP contribution < -0.4 is 0 Å². The van der Waals surface area contributed by atoms with E-state index in [0.29, 0.717) is 28.7 Å². The van der Waals surface area contributed by atoms with Crippen LogP contribution in [-0.4, -0.2) is 31.2 Å². The number of benzene rings is 1. The molecular weight excluding hydrogens is 289 g/mol. The molecular formula is C17H25ClFNO. The highest BCUT2D eigenvalue weighted by molar-refractivity contribution is 6.31. The predicted octanol–water partition coefficient (Wildman–Crippen LogP) is 4.57. The van der Waals surface area contributed by atoms with E-state index in [2.05, 4.69) is 4.90 Å². The van der Waals surface area contributed by atoms with Gasteiger partial charge in [-0.05, 0) is 50.8 Å². The molecule has 1 fully saturated rings. The van der Waals surface area contributed by atoms with Gasteiger partial charge in [-0.2, -0.15) is 0 Å². The summed E-state index contributed by atoms with van der Waals surface area (Å²) in [5.74, 6) is -0.149. The molecule has 1 aromatic carbocycles. The Balaban J connectivity index is 2.07. The summed E-state index contributed by atoms with van der Waals surface area (Å²) in [7, 11) is 1.74. The zero-order valence-corrected chi connectivity index (χ0v) is 13.8. The summed E-state index contributed by atoms with van der Waals surface area (Å²) in [5, 5.41) is 0.541. The van der Waals surface area contributed by atoms with Gasteiger partial charge >= 0.3 is 0 Å². The standard InChI is InChI=1S/C17H25ClFNO/c1-13-8-9-16(18)15(17(13)19)12-20-10-4-3-6-14(20)7-5-11-21-2/h8-9,14H,3-7,10-12H2,1-2H3. The van der Waals surface area contributed by atoms with Gasteiger partial charge in [-0.1, -0.05) is 24.1 Å². The van der Waals surface area contributed by atoms with Crippen molar-refractivity contribution in [1.29, 1.82) is 0 Å². The molecule has 2 nitrogen and oxygen atoms in total. The van der Waals surface area contributed by atoms with Crippen LogP contribution in [0.3, 0.4) is 0 Å². The average Bonchev–Trinajstić information content (AvgIpc) is 2.49. The van der Waals surface area contributed by atoms with E-state index in [-0.39, 0.29) is 5.82 Å². The molecule has 1 aliphatic rings. The van der Waals surface area contributed by atoms with Crippen molar-refractivity contribution < 1.29 is 9.13 Å². The lowest BCUT2D eigenvalue weighted by Crippen LogP contribution is -2.39.